The molecular weight excluding hydrogens is 94.9 g/mol. The molecule has 0 rings (SSSR count). The summed E-state index contributed by atoms with van der Waals surface area (Å²) in [6.45, 7) is 8.61. The van der Waals surface area contributed by atoms with Crippen molar-refractivity contribution in [2.75, 3.05) is 0 Å². The van der Waals surface area contributed by atoms with E-state index in [-0.39, 0.29) is 8.41 Å². The molecular formula is C7H18B. The summed E-state index contributed by atoms with van der Waals surface area (Å²) >= 11 is 0. The Morgan fingerprint density at radius 1 is 0.750 bits per heavy atom. The van der Waals surface area contributed by atoms with Crippen molar-refractivity contribution in [1.82, 2.24) is 0 Å². The summed E-state index contributed by atoms with van der Waals surface area (Å²) in [5.41, 5.74) is 0. The minimum atomic E-state index is 0. The van der Waals surface area contributed by atoms with Crippen LogP contribution in [0.15, 0.2) is 0 Å². The van der Waals surface area contributed by atoms with Crippen LogP contribution >= 0.6 is 0 Å². The van der Waals surface area contributed by atoms with Crippen LogP contribution in [0.1, 0.15) is 47.0 Å². The Morgan fingerprint density at radius 2 is 0.875 bits per heavy atom. The molecule has 0 aromatic rings. The first kappa shape index (κ1) is 15.7. The lowest BCUT2D eigenvalue weighted by molar-refractivity contribution is 0.886. The number of hydrogen-bond donors (Lipinski definition) is 0. The molecule has 0 amide bonds. The van der Waals surface area contributed by atoms with Crippen molar-refractivity contribution >= 4 is 8.41 Å². The zero-order valence-corrected chi connectivity index (χ0v) is 6.70. The van der Waals surface area contributed by atoms with E-state index in [0.717, 1.165) is 0 Å². The Hall–Kier alpha value is 0.0649. The second-order valence-electron chi connectivity index (χ2n) is 1.71. The molecule has 0 heterocycles. The predicted octanol–water partition coefficient (Wildman–Crippen LogP) is 2.84. The molecule has 0 unspecified atom stereocenters. The Morgan fingerprint density at radius 3 is 0.875 bits per heavy atom. The number of hydrogen-bond acceptors (Lipinski definition) is 0. The third-order valence-electron chi connectivity index (χ3n) is 0.500. The van der Waals surface area contributed by atoms with Gasteiger partial charge in [0.15, 0.2) is 0 Å². The summed E-state index contributed by atoms with van der Waals surface area (Å²) in [5.74, 6) is 0. The molecule has 3 radical (unpaired) electrons. The van der Waals surface area contributed by atoms with Gasteiger partial charge in [0, 0.05) is 8.41 Å². The summed E-state index contributed by atoms with van der Waals surface area (Å²) in [7, 11) is 0. The van der Waals surface area contributed by atoms with Gasteiger partial charge in [0.25, 0.3) is 0 Å². The molecule has 1 heteroatoms. The van der Waals surface area contributed by atoms with Crippen molar-refractivity contribution in [2.45, 2.75) is 47.0 Å². The van der Waals surface area contributed by atoms with Gasteiger partial charge in [-0.25, -0.2) is 0 Å². The SMILES string of the molecule is CCC.CCCC.[B]. The highest BCUT2D eigenvalue weighted by atomic mass is 13.6. The van der Waals surface area contributed by atoms with Crippen molar-refractivity contribution in [3.63, 3.8) is 0 Å². The van der Waals surface area contributed by atoms with Gasteiger partial charge in [-0.2, -0.15) is 0 Å². The third-order valence-corrected chi connectivity index (χ3v) is 0.500. The van der Waals surface area contributed by atoms with Crippen molar-refractivity contribution < 1.29 is 0 Å². The minimum Gasteiger partial charge on any atom is -0.0656 e. The van der Waals surface area contributed by atoms with E-state index in [0.29, 0.717) is 0 Å². The van der Waals surface area contributed by atoms with E-state index in [4.69, 9.17) is 0 Å². The normalized spacial score (nSPS) is 6.00. The number of rotatable bonds is 1. The monoisotopic (exact) mass is 113 g/mol. The maximum atomic E-state index is 2.18. The standard InChI is InChI=1S/C4H10.C3H8.B/c1-3-4-2;1-3-2;/h3-4H2,1-2H3;3H2,1-2H3;. The smallest absolute Gasteiger partial charge is 0 e. The van der Waals surface area contributed by atoms with E-state index in [1.165, 1.54) is 19.3 Å². The molecule has 0 nitrogen and oxygen atoms in total. The van der Waals surface area contributed by atoms with Crippen molar-refractivity contribution in [1.29, 1.82) is 0 Å². The maximum absolute atomic E-state index is 2.18. The zero-order valence-electron chi connectivity index (χ0n) is 6.70. The molecule has 0 aromatic heterocycles. The van der Waals surface area contributed by atoms with E-state index in [1.807, 2.05) is 0 Å². The van der Waals surface area contributed by atoms with Gasteiger partial charge < -0.3 is 0 Å². The molecule has 0 spiro atoms. The van der Waals surface area contributed by atoms with Crippen LogP contribution in [-0.2, 0) is 0 Å². The van der Waals surface area contributed by atoms with E-state index in [1.54, 1.807) is 0 Å². The molecule has 49 valence electrons. The molecule has 0 aliphatic carbocycles. The molecule has 0 atom stereocenters. The van der Waals surface area contributed by atoms with Crippen molar-refractivity contribution in [2.24, 2.45) is 0 Å². The molecule has 0 N–H and O–H groups in total. The minimum absolute atomic E-state index is 0. The van der Waals surface area contributed by atoms with Gasteiger partial charge >= 0.3 is 0 Å². The fourth-order valence-corrected chi connectivity index (χ4v) is 0. The second kappa shape index (κ2) is 27.7. The predicted molar refractivity (Wildman–Crippen MR) is 42.3 cm³/mol. The highest BCUT2D eigenvalue weighted by Gasteiger charge is 1.56. The van der Waals surface area contributed by atoms with Gasteiger partial charge in [0.1, 0.15) is 0 Å². The molecule has 8 heavy (non-hydrogen) atoms. The fourth-order valence-electron chi connectivity index (χ4n) is 0. The first-order valence-corrected chi connectivity index (χ1v) is 3.33. The van der Waals surface area contributed by atoms with E-state index < -0.39 is 0 Å². The van der Waals surface area contributed by atoms with Gasteiger partial charge in [-0.1, -0.05) is 47.0 Å². The zero-order chi connectivity index (χ0) is 6.12. The summed E-state index contributed by atoms with van der Waals surface area (Å²) in [5, 5.41) is 0. The van der Waals surface area contributed by atoms with Crippen LogP contribution in [0.5, 0.6) is 0 Å². The van der Waals surface area contributed by atoms with Crippen LogP contribution in [-0.4, -0.2) is 8.41 Å². The highest BCUT2D eigenvalue weighted by Crippen LogP contribution is 1.76. The van der Waals surface area contributed by atoms with Gasteiger partial charge in [-0.3, -0.25) is 0 Å². The highest BCUT2D eigenvalue weighted by molar-refractivity contribution is 5.75. The Balaban J connectivity index is -0.0000000575. The largest absolute Gasteiger partial charge is 0.0656 e. The molecule has 0 bridgehead atoms. The Labute approximate surface area is 56.3 Å². The first-order valence-electron chi connectivity index (χ1n) is 3.33. The van der Waals surface area contributed by atoms with Crippen LogP contribution < -0.4 is 0 Å². The van der Waals surface area contributed by atoms with Gasteiger partial charge in [-0.15, -0.1) is 0 Å². The van der Waals surface area contributed by atoms with Crippen LogP contribution in [0, 0.1) is 0 Å². The fraction of sp³-hybridized carbons (Fsp3) is 1.00. The molecule has 0 fully saturated rings. The van der Waals surface area contributed by atoms with Crippen LogP contribution in [0.4, 0.5) is 0 Å². The number of unbranched alkanes of at least 4 members (excludes halogenated alkanes) is 1. The third kappa shape index (κ3) is 137. The van der Waals surface area contributed by atoms with E-state index in [9.17, 15) is 0 Å². The molecule has 0 aromatic carbocycles. The van der Waals surface area contributed by atoms with E-state index >= 15 is 0 Å². The average Bonchev–Trinajstić information content (AvgIpc) is 1.69. The van der Waals surface area contributed by atoms with Gasteiger partial charge in [0.2, 0.25) is 0 Å². The second-order valence-corrected chi connectivity index (χ2v) is 1.71. The lowest BCUT2D eigenvalue weighted by Crippen LogP contribution is -1.47. The molecule has 0 saturated carbocycles. The first-order chi connectivity index (χ1) is 3.33. The van der Waals surface area contributed by atoms with Crippen molar-refractivity contribution in [3.8, 4) is 0 Å². The summed E-state index contributed by atoms with van der Waals surface area (Å²) in [4.78, 5) is 0. The lowest BCUT2D eigenvalue weighted by atomic mass is 10.4. The lowest BCUT2D eigenvalue weighted by Gasteiger charge is -1.68. The summed E-state index contributed by atoms with van der Waals surface area (Å²) in [6.07, 6.45) is 3.89. The van der Waals surface area contributed by atoms with Crippen molar-refractivity contribution in [3.05, 3.63) is 0 Å². The topological polar surface area (TPSA) is 0 Å². The summed E-state index contributed by atoms with van der Waals surface area (Å²) < 4.78 is 0. The summed E-state index contributed by atoms with van der Waals surface area (Å²) in [6, 6.07) is 0. The average molecular weight is 113 g/mol. The van der Waals surface area contributed by atoms with Gasteiger partial charge in [-0.05, 0) is 0 Å². The molecule has 0 aliphatic heterocycles. The Kier molecular flexibility index (Phi) is 54.3. The molecule has 0 aliphatic rings. The maximum Gasteiger partial charge on any atom is 0 e. The van der Waals surface area contributed by atoms with Crippen LogP contribution in [0.2, 0.25) is 0 Å². The van der Waals surface area contributed by atoms with E-state index in [2.05, 4.69) is 27.7 Å². The molecule has 0 saturated heterocycles. The van der Waals surface area contributed by atoms with Crippen LogP contribution in [0.3, 0.4) is 0 Å². The van der Waals surface area contributed by atoms with Gasteiger partial charge in [0.05, 0.1) is 0 Å². The Bertz CT molecular complexity index is 11.9. The quantitative estimate of drug-likeness (QED) is 0.458. The van der Waals surface area contributed by atoms with Crippen LogP contribution in [0.25, 0.3) is 0 Å².